The van der Waals surface area contributed by atoms with Crippen molar-refractivity contribution < 1.29 is 0 Å². The number of hydrogen-bond donors (Lipinski definition) is 1. The van der Waals surface area contributed by atoms with Crippen molar-refractivity contribution in [2.75, 3.05) is 12.4 Å². The van der Waals surface area contributed by atoms with Crippen LogP contribution >= 0.6 is 0 Å². The summed E-state index contributed by atoms with van der Waals surface area (Å²) in [4.78, 5) is 4.74. The molecular formula is C17H17N5. The summed E-state index contributed by atoms with van der Waals surface area (Å²) in [7, 11) is 1.88. The van der Waals surface area contributed by atoms with Gasteiger partial charge in [0, 0.05) is 7.05 Å². The number of allylic oxidation sites excluding steroid dienone is 3. The molecule has 1 N–H and O–H groups in total. The number of fused-ring (bicyclic) bond motifs is 1. The fraction of sp³-hybridized carbons (Fsp3) is 0.118. The predicted molar refractivity (Wildman–Crippen MR) is 90.1 cm³/mol. The lowest BCUT2D eigenvalue weighted by Gasteiger charge is -2.11. The van der Waals surface area contributed by atoms with E-state index >= 15 is 0 Å². The summed E-state index contributed by atoms with van der Waals surface area (Å²) >= 11 is 0. The topological polar surface area (TPSA) is 55.6 Å². The molecule has 5 nitrogen and oxygen atoms in total. The summed E-state index contributed by atoms with van der Waals surface area (Å²) in [6.07, 6.45) is 3.69. The Morgan fingerprint density at radius 2 is 2.05 bits per heavy atom. The van der Waals surface area contributed by atoms with Crippen LogP contribution in [0.4, 0.5) is 5.69 Å². The molecule has 2 aromatic heterocycles. The van der Waals surface area contributed by atoms with E-state index < -0.39 is 0 Å². The van der Waals surface area contributed by atoms with Crippen LogP contribution in [0.25, 0.3) is 22.4 Å². The Morgan fingerprint density at radius 1 is 1.23 bits per heavy atom. The molecule has 0 spiro atoms. The zero-order valence-corrected chi connectivity index (χ0v) is 12.6. The number of nitrogens with zero attached hydrogens (tertiary/aromatic N) is 4. The number of pyridine rings is 1. The highest BCUT2D eigenvalue weighted by Gasteiger charge is 2.11. The largest absolute Gasteiger partial charge is 0.386 e. The van der Waals surface area contributed by atoms with Crippen LogP contribution in [-0.2, 0) is 0 Å². The number of benzene rings is 1. The molecule has 0 saturated heterocycles. The lowest BCUT2D eigenvalue weighted by Crippen LogP contribution is -2.04. The fourth-order valence-corrected chi connectivity index (χ4v) is 2.36. The van der Waals surface area contributed by atoms with E-state index in [-0.39, 0.29) is 0 Å². The lowest BCUT2D eigenvalue weighted by atomic mass is 10.1. The van der Waals surface area contributed by atoms with Crippen molar-refractivity contribution >= 4 is 22.3 Å². The smallest absolute Gasteiger partial charge is 0.156 e. The van der Waals surface area contributed by atoms with Gasteiger partial charge < -0.3 is 5.32 Å². The van der Waals surface area contributed by atoms with E-state index in [0.717, 1.165) is 33.8 Å². The van der Waals surface area contributed by atoms with Crippen molar-refractivity contribution in [2.45, 2.75) is 6.92 Å². The Labute approximate surface area is 129 Å². The quantitative estimate of drug-likeness (QED) is 0.748. The Hall–Kier alpha value is -2.95. The van der Waals surface area contributed by atoms with Gasteiger partial charge in [-0.25, -0.2) is 4.98 Å². The van der Waals surface area contributed by atoms with Crippen molar-refractivity contribution in [1.29, 1.82) is 0 Å². The van der Waals surface area contributed by atoms with Gasteiger partial charge in [-0.05, 0) is 36.8 Å². The highest BCUT2D eigenvalue weighted by Crippen LogP contribution is 2.24. The van der Waals surface area contributed by atoms with Crippen LogP contribution in [0.15, 0.2) is 55.1 Å². The van der Waals surface area contributed by atoms with Crippen LogP contribution in [0.1, 0.15) is 12.6 Å². The maximum absolute atomic E-state index is 4.74. The number of aromatic nitrogens is 4. The first-order valence-electron chi connectivity index (χ1n) is 7.04. The van der Waals surface area contributed by atoms with Gasteiger partial charge >= 0.3 is 0 Å². The van der Waals surface area contributed by atoms with E-state index in [1.807, 2.05) is 56.4 Å². The molecule has 0 aliphatic carbocycles. The van der Waals surface area contributed by atoms with Crippen LogP contribution in [0, 0.1) is 0 Å². The summed E-state index contributed by atoms with van der Waals surface area (Å²) in [5, 5.41) is 11.5. The third-order valence-corrected chi connectivity index (χ3v) is 3.46. The van der Waals surface area contributed by atoms with E-state index in [2.05, 4.69) is 22.2 Å². The zero-order valence-electron chi connectivity index (χ0n) is 12.6. The molecule has 0 amide bonds. The first kappa shape index (κ1) is 14.0. The molecule has 0 aliphatic rings. The average Bonchev–Trinajstić information content (AvgIpc) is 2.98. The Morgan fingerprint density at radius 3 is 2.82 bits per heavy atom. The van der Waals surface area contributed by atoms with Crippen LogP contribution in [-0.4, -0.2) is 27.0 Å². The number of nitrogens with one attached hydrogen (secondary N) is 1. The van der Waals surface area contributed by atoms with Crippen molar-refractivity contribution in [3.8, 4) is 5.82 Å². The SMILES string of the molecule is C=C/C=C(/C)c1nc(-n2nnc3ccccc32)ccc1NC. The second kappa shape index (κ2) is 5.81. The minimum absolute atomic E-state index is 0.736. The minimum atomic E-state index is 0.736. The highest BCUT2D eigenvalue weighted by molar-refractivity contribution is 5.77. The molecule has 0 atom stereocenters. The predicted octanol–water partition coefficient (Wildman–Crippen LogP) is 3.45. The fourth-order valence-electron chi connectivity index (χ4n) is 2.36. The monoisotopic (exact) mass is 291 g/mol. The van der Waals surface area contributed by atoms with Gasteiger partial charge in [0.2, 0.25) is 0 Å². The molecule has 0 fully saturated rings. The second-order valence-corrected chi connectivity index (χ2v) is 4.89. The van der Waals surface area contributed by atoms with Crippen LogP contribution in [0.3, 0.4) is 0 Å². The molecule has 22 heavy (non-hydrogen) atoms. The number of rotatable bonds is 4. The number of anilines is 1. The van der Waals surface area contributed by atoms with E-state index in [9.17, 15) is 0 Å². The van der Waals surface area contributed by atoms with Gasteiger partial charge in [0.05, 0.1) is 16.9 Å². The Bertz CT molecular complexity index is 860. The summed E-state index contributed by atoms with van der Waals surface area (Å²) in [6, 6.07) is 11.8. The Kier molecular flexibility index (Phi) is 3.70. The average molecular weight is 291 g/mol. The van der Waals surface area contributed by atoms with Crippen molar-refractivity contribution in [1.82, 2.24) is 20.0 Å². The third kappa shape index (κ3) is 2.37. The van der Waals surface area contributed by atoms with Gasteiger partial charge in [0.25, 0.3) is 0 Å². The summed E-state index contributed by atoms with van der Waals surface area (Å²) < 4.78 is 1.75. The second-order valence-electron chi connectivity index (χ2n) is 4.89. The van der Waals surface area contributed by atoms with Crippen molar-refractivity contribution in [3.05, 3.63) is 60.8 Å². The van der Waals surface area contributed by atoms with Gasteiger partial charge in [-0.3, -0.25) is 0 Å². The third-order valence-electron chi connectivity index (χ3n) is 3.46. The molecule has 1 aromatic carbocycles. The molecule has 110 valence electrons. The summed E-state index contributed by atoms with van der Waals surface area (Å²) in [6.45, 7) is 5.75. The molecule has 0 saturated carbocycles. The van der Waals surface area contributed by atoms with Crippen LogP contribution in [0.5, 0.6) is 0 Å². The molecule has 0 radical (unpaired) electrons. The van der Waals surface area contributed by atoms with Crippen LogP contribution < -0.4 is 5.32 Å². The molecule has 2 heterocycles. The molecular weight excluding hydrogens is 274 g/mol. The normalized spacial score (nSPS) is 11.6. The van der Waals surface area contributed by atoms with Gasteiger partial charge in [-0.1, -0.05) is 36.1 Å². The van der Waals surface area contributed by atoms with Gasteiger partial charge in [0.15, 0.2) is 5.82 Å². The van der Waals surface area contributed by atoms with Crippen LogP contribution in [0.2, 0.25) is 0 Å². The first-order chi connectivity index (χ1) is 10.7. The maximum Gasteiger partial charge on any atom is 0.156 e. The summed E-state index contributed by atoms with van der Waals surface area (Å²) in [5.41, 5.74) is 4.65. The van der Waals surface area contributed by atoms with E-state index in [0.29, 0.717) is 0 Å². The molecule has 0 unspecified atom stereocenters. The lowest BCUT2D eigenvalue weighted by molar-refractivity contribution is 0.800. The van der Waals surface area contributed by atoms with E-state index in [1.54, 1.807) is 10.8 Å². The molecule has 5 heteroatoms. The van der Waals surface area contributed by atoms with Gasteiger partial charge in [0.1, 0.15) is 5.52 Å². The molecule has 3 aromatic rings. The van der Waals surface area contributed by atoms with E-state index in [4.69, 9.17) is 4.98 Å². The Balaban J connectivity index is 2.18. The highest BCUT2D eigenvalue weighted by atomic mass is 15.4. The zero-order chi connectivity index (χ0) is 15.5. The molecule has 0 aliphatic heterocycles. The minimum Gasteiger partial charge on any atom is -0.386 e. The van der Waals surface area contributed by atoms with Crippen molar-refractivity contribution in [3.63, 3.8) is 0 Å². The standard InChI is InChI=1S/C17H17N5/c1-4-7-12(2)17-14(18-3)10-11-16(19-17)22-15-9-6-5-8-13(15)20-21-22/h4-11,18H,1H2,2-3H3/b12-7-. The van der Waals surface area contributed by atoms with E-state index in [1.165, 1.54) is 0 Å². The number of para-hydroxylation sites is 1. The van der Waals surface area contributed by atoms with Gasteiger partial charge in [-0.2, -0.15) is 4.68 Å². The molecule has 3 rings (SSSR count). The first-order valence-corrected chi connectivity index (χ1v) is 7.04. The number of hydrogen-bond acceptors (Lipinski definition) is 4. The maximum atomic E-state index is 4.74. The van der Waals surface area contributed by atoms with Crippen molar-refractivity contribution in [2.24, 2.45) is 0 Å². The molecule has 0 bridgehead atoms. The van der Waals surface area contributed by atoms with Gasteiger partial charge in [-0.15, -0.1) is 5.10 Å². The summed E-state index contributed by atoms with van der Waals surface area (Å²) in [5.74, 6) is 0.736.